The number of benzene rings is 1. The molecule has 0 aliphatic heterocycles. The Bertz CT molecular complexity index is 995. The van der Waals surface area contributed by atoms with E-state index in [2.05, 4.69) is 15.3 Å². The van der Waals surface area contributed by atoms with E-state index in [4.69, 9.17) is 0 Å². The van der Waals surface area contributed by atoms with Crippen molar-refractivity contribution in [1.82, 2.24) is 14.5 Å². The number of fused-ring (bicyclic) bond motifs is 1. The van der Waals surface area contributed by atoms with Gasteiger partial charge in [0.1, 0.15) is 23.9 Å². The molecule has 0 fully saturated rings. The van der Waals surface area contributed by atoms with Crippen molar-refractivity contribution < 1.29 is 9.90 Å². The second-order valence-electron chi connectivity index (χ2n) is 5.52. The van der Waals surface area contributed by atoms with Gasteiger partial charge in [0.25, 0.3) is 5.56 Å². The van der Waals surface area contributed by atoms with Gasteiger partial charge in [-0.15, -0.1) is 0 Å². The predicted molar refractivity (Wildman–Crippen MR) is 90.0 cm³/mol. The molecule has 1 aromatic carbocycles. The molecule has 2 aromatic heterocycles. The van der Waals surface area contributed by atoms with E-state index in [9.17, 15) is 14.7 Å². The van der Waals surface area contributed by atoms with Crippen LogP contribution in [0.15, 0.2) is 41.3 Å². The van der Waals surface area contributed by atoms with Gasteiger partial charge in [0, 0.05) is 6.20 Å². The van der Waals surface area contributed by atoms with Gasteiger partial charge in [0.05, 0.1) is 10.9 Å². The molecule has 0 aliphatic carbocycles. The molecule has 0 aliphatic rings. The number of carbonyl (C=O) groups is 1. The Balaban J connectivity index is 1.92. The minimum Gasteiger partial charge on any atom is -0.508 e. The van der Waals surface area contributed by atoms with E-state index >= 15 is 0 Å². The third kappa shape index (κ3) is 3.10. The second kappa shape index (κ2) is 6.11. The molecule has 0 unspecified atom stereocenters. The van der Waals surface area contributed by atoms with E-state index in [0.29, 0.717) is 17.2 Å². The number of pyridine rings is 1. The van der Waals surface area contributed by atoms with Crippen LogP contribution in [0.5, 0.6) is 5.75 Å². The first kappa shape index (κ1) is 15.7. The lowest BCUT2D eigenvalue weighted by molar-refractivity contribution is -0.116. The van der Waals surface area contributed by atoms with Crippen molar-refractivity contribution in [2.45, 2.75) is 20.4 Å². The molecule has 2 N–H and O–H groups in total. The van der Waals surface area contributed by atoms with Crippen molar-refractivity contribution in [3.8, 4) is 5.75 Å². The summed E-state index contributed by atoms with van der Waals surface area (Å²) in [5, 5.41) is 12.5. The molecule has 1 amide bonds. The molecule has 7 heteroatoms. The summed E-state index contributed by atoms with van der Waals surface area (Å²) in [4.78, 5) is 33.1. The average Bonchev–Trinajstić information content (AvgIpc) is 2.52. The predicted octanol–water partition coefficient (Wildman–Crippen LogP) is 1.75. The number of aromatic nitrogens is 3. The summed E-state index contributed by atoms with van der Waals surface area (Å²) in [7, 11) is 0. The first-order valence-corrected chi connectivity index (χ1v) is 7.37. The number of aryl methyl sites for hydroxylation is 2. The van der Waals surface area contributed by atoms with Crippen LogP contribution in [-0.4, -0.2) is 25.5 Å². The second-order valence-corrected chi connectivity index (χ2v) is 5.52. The van der Waals surface area contributed by atoms with Gasteiger partial charge < -0.3 is 10.4 Å². The molecule has 0 atom stereocenters. The fraction of sp³-hybridized carbons (Fsp3) is 0.176. The number of nitrogens with zero attached hydrogens (tertiary/aromatic N) is 3. The Labute approximate surface area is 137 Å². The summed E-state index contributed by atoms with van der Waals surface area (Å²) in [5.41, 5.74) is 1.07. The Morgan fingerprint density at radius 3 is 2.79 bits per heavy atom. The number of hydrogen-bond acceptors (Lipinski definition) is 5. The highest BCUT2D eigenvalue weighted by Crippen LogP contribution is 2.15. The lowest BCUT2D eigenvalue weighted by Crippen LogP contribution is -2.30. The van der Waals surface area contributed by atoms with E-state index in [-0.39, 0.29) is 29.1 Å². The first-order valence-electron chi connectivity index (χ1n) is 7.37. The Morgan fingerprint density at radius 2 is 2.04 bits per heavy atom. The number of anilines is 1. The summed E-state index contributed by atoms with van der Waals surface area (Å²) in [6.07, 6.45) is 1.60. The van der Waals surface area contributed by atoms with Crippen LogP contribution in [0.3, 0.4) is 0 Å². The molecule has 0 bridgehead atoms. The maximum absolute atomic E-state index is 12.6. The van der Waals surface area contributed by atoms with Crippen LogP contribution in [0.4, 0.5) is 5.82 Å². The molecule has 3 aromatic rings. The molecule has 3 rings (SSSR count). The topological polar surface area (TPSA) is 97.1 Å². The van der Waals surface area contributed by atoms with Crippen LogP contribution in [0, 0.1) is 13.8 Å². The van der Waals surface area contributed by atoms with Crippen LogP contribution in [-0.2, 0) is 11.3 Å². The van der Waals surface area contributed by atoms with Crippen LogP contribution in [0.25, 0.3) is 10.9 Å². The zero-order valence-corrected chi connectivity index (χ0v) is 13.3. The third-order valence-corrected chi connectivity index (χ3v) is 3.61. The Kier molecular flexibility index (Phi) is 3.99. The highest BCUT2D eigenvalue weighted by Gasteiger charge is 2.12. The van der Waals surface area contributed by atoms with Crippen LogP contribution >= 0.6 is 0 Å². The van der Waals surface area contributed by atoms with Crippen LogP contribution < -0.4 is 10.9 Å². The number of aromatic hydroxyl groups is 1. The van der Waals surface area contributed by atoms with Crippen LogP contribution in [0.2, 0.25) is 0 Å². The van der Waals surface area contributed by atoms with Gasteiger partial charge >= 0.3 is 0 Å². The molecule has 0 saturated heterocycles. The van der Waals surface area contributed by atoms with Gasteiger partial charge in [-0.05, 0) is 49.7 Å². The zero-order valence-electron chi connectivity index (χ0n) is 13.3. The van der Waals surface area contributed by atoms with Crippen molar-refractivity contribution in [2.24, 2.45) is 0 Å². The minimum atomic E-state index is -0.375. The SMILES string of the molecule is Cc1ccnc(NC(=O)Cn2c(C)nc3ccc(O)cc3c2=O)c1. The standard InChI is InChI=1S/C17H16N4O3/c1-10-5-6-18-15(7-10)20-16(23)9-21-11(2)19-14-4-3-12(22)8-13(14)17(21)24/h3-8,22H,9H2,1-2H3,(H,18,20,23). The molecule has 0 radical (unpaired) electrons. The van der Waals surface area contributed by atoms with Crippen molar-refractivity contribution >= 4 is 22.6 Å². The normalized spacial score (nSPS) is 10.8. The number of phenols is 1. The quantitative estimate of drug-likeness (QED) is 0.765. The minimum absolute atomic E-state index is 0.0229. The fourth-order valence-electron chi connectivity index (χ4n) is 2.44. The van der Waals surface area contributed by atoms with E-state index in [1.165, 1.54) is 16.7 Å². The summed E-state index contributed by atoms with van der Waals surface area (Å²) < 4.78 is 1.27. The molecule has 0 saturated carbocycles. The molecule has 0 spiro atoms. The third-order valence-electron chi connectivity index (χ3n) is 3.61. The molecule has 24 heavy (non-hydrogen) atoms. The number of amides is 1. The van der Waals surface area contributed by atoms with Gasteiger partial charge in [0.2, 0.25) is 5.91 Å². The molecule has 7 nitrogen and oxygen atoms in total. The van der Waals surface area contributed by atoms with E-state index in [1.54, 1.807) is 25.3 Å². The summed E-state index contributed by atoms with van der Waals surface area (Å²) in [6.45, 7) is 3.37. The summed E-state index contributed by atoms with van der Waals surface area (Å²) in [6, 6.07) is 7.95. The lowest BCUT2D eigenvalue weighted by atomic mass is 10.2. The molecular weight excluding hydrogens is 308 g/mol. The highest BCUT2D eigenvalue weighted by molar-refractivity contribution is 5.90. The van der Waals surface area contributed by atoms with Crippen molar-refractivity contribution in [1.29, 1.82) is 0 Å². The van der Waals surface area contributed by atoms with E-state index in [1.807, 2.05) is 13.0 Å². The highest BCUT2D eigenvalue weighted by atomic mass is 16.3. The van der Waals surface area contributed by atoms with Crippen molar-refractivity contribution in [3.05, 3.63) is 58.3 Å². The molecule has 122 valence electrons. The number of nitrogens with one attached hydrogen (secondary N) is 1. The molecule has 2 heterocycles. The van der Waals surface area contributed by atoms with Gasteiger partial charge in [-0.1, -0.05) is 0 Å². The number of rotatable bonds is 3. The molecular formula is C17H16N4O3. The number of phenolic OH excluding ortho intramolecular Hbond substituents is 1. The average molecular weight is 324 g/mol. The smallest absolute Gasteiger partial charge is 0.261 e. The van der Waals surface area contributed by atoms with Gasteiger partial charge in [-0.25, -0.2) is 9.97 Å². The van der Waals surface area contributed by atoms with Gasteiger partial charge in [-0.2, -0.15) is 0 Å². The maximum Gasteiger partial charge on any atom is 0.261 e. The lowest BCUT2D eigenvalue weighted by Gasteiger charge is -2.11. The van der Waals surface area contributed by atoms with Crippen LogP contribution in [0.1, 0.15) is 11.4 Å². The van der Waals surface area contributed by atoms with Crippen molar-refractivity contribution in [2.75, 3.05) is 5.32 Å². The zero-order chi connectivity index (χ0) is 17.3. The van der Waals surface area contributed by atoms with Crippen molar-refractivity contribution in [3.63, 3.8) is 0 Å². The monoisotopic (exact) mass is 324 g/mol. The fourth-order valence-corrected chi connectivity index (χ4v) is 2.44. The summed E-state index contributed by atoms with van der Waals surface area (Å²) >= 11 is 0. The summed E-state index contributed by atoms with van der Waals surface area (Å²) in [5.74, 6) is 0.451. The van der Waals surface area contributed by atoms with Gasteiger partial charge in [0.15, 0.2) is 0 Å². The Morgan fingerprint density at radius 1 is 1.25 bits per heavy atom. The Hall–Kier alpha value is -3.22. The van der Waals surface area contributed by atoms with E-state index < -0.39 is 0 Å². The largest absolute Gasteiger partial charge is 0.508 e. The van der Waals surface area contributed by atoms with Gasteiger partial charge in [-0.3, -0.25) is 14.2 Å². The maximum atomic E-state index is 12.6. The number of hydrogen-bond donors (Lipinski definition) is 2. The number of carbonyl (C=O) groups excluding carboxylic acids is 1. The van der Waals surface area contributed by atoms with E-state index in [0.717, 1.165) is 5.56 Å². The first-order chi connectivity index (χ1) is 11.4.